The fourth-order valence-electron chi connectivity index (χ4n) is 2.25. The molecule has 4 rings (SSSR count). The molecule has 0 aliphatic heterocycles. The van der Waals surface area contributed by atoms with E-state index in [0.717, 1.165) is 0 Å². The third-order valence-electron chi connectivity index (χ3n) is 4.36. The number of pyridine rings is 4. The van der Waals surface area contributed by atoms with Crippen LogP contribution in [0.25, 0.3) is 0 Å². The molecule has 0 amide bonds. The Hall–Kier alpha value is -1.77. The van der Waals surface area contributed by atoms with E-state index in [-0.39, 0.29) is 77.9 Å². The standard InChI is InChI=1S/C6Cl4N2.C6Cl3FN2.C6Cl2F2N2.C6ClF3N2.3CH4NP.ClH.Li/c2*7-3-2(1-11)12-6(10)5(9)4(3)8;7-3-4(8)6(10)12-2(1-11)5(3)9;7-3-2(1-11)12-6(10)5(9)4(3)8;3*1-3-2;;/h;;;;3*2H,1H3;1H;/q;;;;;;;;+1/p-1. The van der Waals surface area contributed by atoms with Crippen molar-refractivity contribution in [3.05, 3.63) is 108 Å². The second-order valence-corrected chi connectivity index (χ2v) is 13.0. The van der Waals surface area contributed by atoms with Crippen molar-refractivity contribution < 1.29 is 57.6 Å². The molecule has 310 valence electrons. The number of nitrogens with one attached hydrogen (secondary N) is 3. The Labute approximate surface area is 404 Å². The Kier molecular flexibility index (Phi) is 40.2. The van der Waals surface area contributed by atoms with Crippen LogP contribution in [-0.4, -0.2) is 39.9 Å². The van der Waals surface area contributed by atoms with Crippen LogP contribution in [0.2, 0.25) is 50.4 Å². The fraction of sp³-hybridized carbons (Fsp3) is 0.111. The Balaban J connectivity index is -0.000000203. The summed E-state index contributed by atoms with van der Waals surface area (Å²) in [6.07, 6.45) is 0. The minimum Gasteiger partial charge on any atom is -1.00 e. The predicted octanol–water partition coefficient (Wildman–Crippen LogP) is 9.16. The second-order valence-electron chi connectivity index (χ2n) is 7.89. The molecular weight excluding hydrogens is 1080 g/mol. The second kappa shape index (κ2) is 35.8. The van der Waals surface area contributed by atoms with E-state index >= 15 is 0 Å². The van der Waals surface area contributed by atoms with E-state index in [0.29, 0.717) is 25.1 Å². The summed E-state index contributed by atoms with van der Waals surface area (Å²) in [5.74, 6) is -8.30. The summed E-state index contributed by atoms with van der Waals surface area (Å²) >= 11 is 54.2. The summed E-state index contributed by atoms with van der Waals surface area (Å²) in [4.78, 5) is 12.5. The van der Waals surface area contributed by atoms with Gasteiger partial charge in [0.25, 0.3) is 5.95 Å². The zero-order chi connectivity index (χ0) is 45.3. The van der Waals surface area contributed by atoms with Gasteiger partial charge in [-0.2, -0.15) is 38.6 Å². The van der Waals surface area contributed by atoms with Crippen LogP contribution in [0.5, 0.6) is 0 Å². The maximum atomic E-state index is 12.8. The van der Waals surface area contributed by atoms with Crippen LogP contribution in [-0.2, 0) is 0 Å². The van der Waals surface area contributed by atoms with Crippen LogP contribution < -0.4 is 31.3 Å². The van der Waals surface area contributed by atoms with Crippen molar-refractivity contribution in [2.75, 3.05) is 20.0 Å². The monoisotopic (exact) mass is 1090 g/mol. The van der Waals surface area contributed by atoms with Gasteiger partial charge in [-0.1, -0.05) is 116 Å². The molecule has 0 saturated heterocycles. The molecule has 0 atom stereocenters. The molecule has 59 heavy (non-hydrogen) atoms. The average molecular weight is 1090 g/mol. The topological polar surface area (TPSA) is 218 Å². The molecule has 0 aliphatic rings. The number of halogens is 17. The molecule has 0 saturated carbocycles. The first-order valence-corrected chi connectivity index (χ1v) is 20.5. The average Bonchev–Trinajstić information content (AvgIpc) is 3.18. The van der Waals surface area contributed by atoms with Gasteiger partial charge in [-0.25, -0.2) is 28.7 Å². The quantitative estimate of drug-likeness (QED) is 0.0666. The van der Waals surface area contributed by atoms with Crippen LogP contribution in [0.3, 0.4) is 0 Å². The van der Waals surface area contributed by atoms with Crippen LogP contribution in [0.15, 0.2) is 0 Å². The number of nitriles is 4. The first-order valence-electron chi connectivity index (χ1n) is 12.7. The van der Waals surface area contributed by atoms with Gasteiger partial charge in [0.05, 0.1) is 25.1 Å². The molecule has 3 N–H and O–H groups in total. The molecule has 0 aliphatic carbocycles. The van der Waals surface area contributed by atoms with E-state index in [1.807, 2.05) is 0 Å². The molecule has 11 nitrogen and oxygen atoms in total. The summed E-state index contributed by atoms with van der Waals surface area (Å²) in [5, 5.41) is 49.2. The van der Waals surface area contributed by atoms with E-state index in [4.69, 9.17) is 153 Å². The van der Waals surface area contributed by atoms with Gasteiger partial charge in [-0.15, -0.1) is 0 Å². The van der Waals surface area contributed by atoms with E-state index in [1.165, 1.54) is 12.1 Å². The van der Waals surface area contributed by atoms with E-state index in [9.17, 15) is 26.3 Å². The van der Waals surface area contributed by atoms with Crippen molar-refractivity contribution >= 4 is 141 Å². The summed E-state index contributed by atoms with van der Waals surface area (Å²) in [5.41, 5.74) is -1.69. The molecule has 32 heteroatoms. The number of hydrogen-bond donors (Lipinski definition) is 3. The van der Waals surface area contributed by atoms with Crippen LogP contribution in [0, 0.1) is 96.1 Å². The normalized spacial score (nSPS) is 8.86. The summed E-state index contributed by atoms with van der Waals surface area (Å²) in [7, 11) is 2.00. The largest absolute Gasteiger partial charge is 1.00 e. The molecule has 0 bridgehead atoms. The number of nitrogens with zero attached hydrogens (tertiary/aromatic N) is 8. The molecule has 4 aromatic rings. The van der Waals surface area contributed by atoms with Gasteiger partial charge in [-0.3, -0.25) is 15.5 Å². The van der Waals surface area contributed by atoms with Crippen molar-refractivity contribution in [2.45, 2.75) is 0 Å². The fourth-order valence-corrected chi connectivity index (χ4v) is 4.01. The Morgan fingerprint density at radius 3 is 1.07 bits per heavy atom. The maximum absolute atomic E-state index is 12.8. The van der Waals surface area contributed by atoms with Gasteiger partial charge in [0.15, 0.2) is 39.6 Å². The third-order valence-corrected chi connectivity index (χ3v) is 8.46. The van der Waals surface area contributed by atoms with Crippen LogP contribution in [0.1, 0.15) is 22.8 Å². The SMILES string of the molecule is CP=N.CP=N.CP=N.N#Cc1nc(Cl)c(Cl)c(Cl)c1Cl.N#Cc1nc(F)c(Cl)c(Cl)c1Cl.N#Cc1nc(F)c(Cl)c(Cl)c1F.N#Cc1nc(F)c(F)c(F)c1Cl.[Cl-].[Li+]. The van der Waals surface area contributed by atoms with Crippen molar-refractivity contribution in [1.82, 2.24) is 19.9 Å². The zero-order valence-electron chi connectivity index (χ0n) is 28.8. The van der Waals surface area contributed by atoms with Gasteiger partial charge in [0.2, 0.25) is 17.7 Å². The van der Waals surface area contributed by atoms with Gasteiger partial charge in [0, 0.05) is 0 Å². The number of aromatic nitrogens is 4. The van der Waals surface area contributed by atoms with Crippen molar-refractivity contribution in [1.29, 1.82) is 36.5 Å². The number of hydrogen-bond acceptors (Lipinski definition) is 11. The zero-order valence-corrected chi connectivity index (χ0v) is 39.8. The van der Waals surface area contributed by atoms with Gasteiger partial charge in [-0.05, 0) is 45.1 Å². The summed E-state index contributed by atoms with van der Waals surface area (Å²) in [6.45, 7) is 5.29. The maximum Gasteiger partial charge on any atom is 1.00 e. The number of rotatable bonds is 0. The van der Waals surface area contributed by atoms with E-state index in [2.05, 4.69) is 19.9 Å². The third kappa shape index (κ3) is 22.2. The Bertz CT molecular complexity index is 1960. The van der Waals surface area contributed by atoms with Crippen molar-refractivity contribution in [2.24, 2.45) is 0 Å². The molecule has 0 spiro atoms. The minimum atomic E-state index is -1.78. The molecule has 0 unspecified atom stereocenters. The first-order chi connectivity index (χ1) is 26.5. The smallest absolute Gasteiger partial charge is 1.00 e. The van der Waals surface area contributed by atoms with Crippen LogP contribution in [0.4, 0.5) is 26.3 Å². The van der Waals surface area contributed by atoms with E-state index < -0.39 is 61.8 Å². The van der Waals surface area contributed by atoms with Crippen LogP contribution >= 0.6 is 141 Å². The Morgan fingerprint density at radius 1 is 0.407 bits per heavy atom. The molecule has 4 aromatic heterocycles. The Morgan fingerprint density at radius 2 is 0.695 bits per heavy atom. The molecule has 4 heterocycles. The molecular formula is C27H12Cl11F6LiN11P3. The van der Waals surface area contributed by atoms with Gasteiger partial charge in [0.1, 0.15) is 44.4 Å². The summed E-state index contributed by atoms with van der Waals surface area (Å²) in [6, 6.07) is 5.96. The molecule has 0 radical (unpaired) electrons. The first kappa shape index (κ1) is 66.3. The molecule has 0 fully saturated rings. The van der Waals surface area contributed by atoms with Crippen molar-refractivity contribution in [3.8, 4) is 24.3 Å². The molecule has 0 aromatic carbocycles. The minimum absolute atomic E-state index is 0. The van der Waals surface area contributed by atoms with E-state index in [1.54, 1.807) is 32.1 Å². The van der Waals surface area contributed by atoms with Gasteiger partial charge < -0.3 is 12.4 Å². The summed E-state index contributed by atoms with van der Waals surface area (Å²) < 4.78 is 75.1. The predicted molar refractivity (Wildman–Crippen MR) is 212 cm³/mol. The van der Waals surface area contributed by atoms with Crippen molar-refractivity contribution in [3.63, 3.8) is 0 Å². The van der Waals surface area contributed by atoms with Gasteiger partial charge >= 0.3 is 18.9 Å².